The molecule has 0 spiro atoms. The molecule has 3 heterocycles. The number of aliphatic carboxylic acids is 1. The summed E-state index contributed by atoms with van der Waals surface area (Å²) in [7, 11) is 2.12. The zero-order valence-corrected chi connectivity index (χ0v) is 18.3. The summed E-state index contributed by atoms with van der Waals surface area (Å²) in [4.78, 5) is 23.0. The normalized spacial score (nSPS) is 23.5. The Morgan fingerprint density at radius 3 is 2.45 bits per heavy atom. The number of likely N-dealkylation sites (N-methyl/N-ethyl adjacent to an activating group) is 1. The van der Waals surface area contributed by atoms with E-state index >= 15 is 0 Å². The maximum absolute atomic E-state index is 10.9. The zero-order valence-electron chi connectivity index (χ0n) is 18.3. The molecule has 4 rings (SSSR count). The van der Waals surface area contributed by atoms with E-state index in [1.165, 1.54) is 0 Å². The number of oxime groups is 1. The molecular weight excluding hydrogens is 394 g/mol. The average Bonchev–Trinajstić information content (AvgIpc) is 3.23. The van der Waals surface area contributed by atoms with Crippen LogP contribution < -0.4 is 0 Å². The molecule has 168 valence electrons. The van der Waals surface area contributed by atoms with Crippen molar-refractivity contribution in [2.75, 3.05) is 52.9 Å². The van der Waals surface area contributed by atoms with Gasteiger partial charge >= 0.3 is 5.97 Å². The molecule has 31 heavy (non-hydrogen) atoms. The van der Waals surface area contributed by atoms with Crippen LogP contribution in [-0.4, -0.2) is 96.3 Å². The van der Waals surface area contributed by atoms with E-state index in [9.17, 15) is 4.79 Å². The van der Waals surface area contributed by atoms with Crippen molar-refractivity contribution >= 4 is 17.5 Å². The van der Waals surface area contributed by atoms with Crippen LogP contribution in [-0.2, 0) is 9.63 Å². The number of rotatable bonds is 6. The lowest BCUT2D eigenvalue weighted by Crippen LogP contribution is -2.47. The molecule has 2 saturated heterocycles. The monoisotopic (exact) mass is 427 g/mol. The number of benzene rings is 1. The van der Waals surface area contributed by atoms with Gasteiger partial charge in [-0.15, -0.1) is 0 Å². The molecule has 0 saturated carbocycles. The molecule has 8 heteroatoms. The van der Waals surface area contributed by atoms with Crippen LogP contribution in [0.25, 0.3) is 0 Å². The molecule has 0 aromatic heterocycles. The number of likely N-dealkylation sites (tertiary alicyclic amines) is 1. The number of carbonyl (C=O) groups is 1. The van der Waals surface area contributed by atoms with Crippen LogP contribution in [0.15, 0.2) is 29.4 Å². The van der Waals surface area contributed by atoms with E-state index in [-0.39, 0.29) is 12.6 Å². The Balaban J connectivity index is 1.25. The first-order valence-electron chi connectivity index (χ1n) is 11.3. The van der Waals surface area contributed by atoms with Gasteiger partial charge in [-0.3, -0.25) is 15.1 Å². The fourth-order valence-corrected chi connectivity index (χ4v) is 4.70. The highest BCUT2D eigenvalue weighted by Gasteiger charge is 2.28. The van der Waals surface area contributed by atoms with Crippen LogP contribution in [0.1, 0.15) is 36.8 Å². The second-order valence-electron chi connectivity index (χ2n) is 9.03. The van der Waals surface area contributed by atoms with E-state index in [1.54, 1.807) is 0 Å². The van der Waals surface area contributed by atoms with Gasteiger partial charge in [-0.1, -0.05) is 29.4 Å². The maximum atomic E-state index is 10.9. The molecule has 3 aliphatic heterocycles. The number of hydrogen-bond donors (Lipinski definition) is 2. The van der Waals surface area contributed by atoms with Crippen molar-refractivity contribution in [2.45, 2.75) is 31.8 Å². The second kappa shape index (κ2) is 9.78. The van der Waals surface area contributed by atoms with Crippen LogP contribution in [0.2, 0.25) is 0 Å². The van der Waals surface area contributed by atoms with E-state index in [4.69, 9.17) is 15.4 Å². The van der Waals surface area contributed by atoms with Gasteiger partial charge in [0.2, 0.25) is 0 Å². The molecule has 1 aromatic rings. The SMILES string of the molecule is CN1CCN(C(=N)c2ccc(C3=NOC(CC4CCN(CC(=O)O)CC4)C3)cc2)CC1. The third-order valence-electron chi connectivity index (χ3n) is 6.71. The third-order valence-corrected chi connectivity index (χ3v) is 6.71. The number of carboxylic acids is 1. The largest absolute Gasteiger partial charge is 0.480 e. The summed E-state index contributed by atoms with van der Waals surface area (Å²) in [5, 5.41) is 21.8. The average molecular weight is 428 g/mol. The molecule has 1 unspecified atom stereocenters. The predicted molar refractivity (Wildman–Crippen MR) is 120 cm³/mol. The number of amidine groups is 1. The first kappa shape index (κ1) is 21.8. The topological polar surface area (TPSA) is 92.5 Å². The van der Waals surface area contributed by atoms with Crippen molar-refractivity contribution < 1.29 is 14.7 Å². The third kappa shape index (κ3) is 5.62. The Labute approximate surface area is 184 Å². The van der Waals surface area contributed by atoms with Crippen molar-refractivity contribution in [2.24, 2.45) is 11.1 Å². The molecule has 0 radical (unpaired) electrons. The molecule has 0 aliphatic carbocycles. The lowest BCUT2D eigenvalue weighted by molar-refractivity contribution is -0.138. The Hall–Kier alpha value is -2.45. The molecule has 1 atom stereocenters. The Kier molecular flexibility index (Phi) is 6.87. The summed E-state index contributed by atoms with van der Waals surface area (Å²) >= 11 is 0. The first-order valence-corrected chi connectivity index (χ1v) is 11.3. The molecule has 0 bridgehead atoms. The van der Waals surface area contributed by atoms with Crippen molar-refractivity contribution in [1.82, 2.24) is 14.7 Å². The minimum absolute atomic E-state index is 0.106. The minimum atomic E-state index is -0.750. The fourth-order valence-electron chi connectivity index (χ4n) is 4.70. The summed E-state index contributed by atoms with van der Waals surface area (Å²) in [5.74, 6) is 0.410. The van der Waals surface area contributed by atoms with Gasteiger partial charge in [0.1, 0.15) is 11.9 Å². The van der Waals surface area contributed by atoms with Crippen LogP contribution in [0.3, 0.4) is 0 Å². The summed E-state index contributed by atoms with van der Waals surface area (Å²) in [6.45, 7) is 5.62. The van der Waals surface area contributed by atoms with Gasteiger partial charge in [0.15, 0.2) is 0 Å². The van der Waals surface area contributed by atoms with E-state index in [1.807, 2.05) is 17.0 Å². The lowest BCUT2D eigenvalue weighted by atomic mass is 9.89. The molecule has 3 aliphatic rings. The maximum Gasteiger partial charge on any atom is 0.317 e. The van der Waals surface area contributed by atoms with Crippen LogP contribution in [0.4, 0.5) is 0 Å². The molecule has 8 nitrogen and oxygen atoms in total. The first-order chi connectivity index (χ1) is 15.0. The highest BCUT2D eigenvalue weighted by molar-refractivity contribution is 6.02. The Morgan fingerprint density at radius 2 is 1.81 bits per heavy atom. The van der Waals surface area contributed by atoms with E-state index in [0.717, 1.165) is 81.8 Å². The van der Waals surface area contributed by atoms with Gasteiger partial charge in [-0.25, -0.2) is 0 Å². The van der Waals surface area contributed by atoms with Crippen molar-refractivity contribution in [1.29, 1.82) is 5.41 Å². The van der Waals surface area contributed by atoms with Crippen LogP contribution in [0, 0.1) is 11.3 Å². The standard InChI is InChI=1S/C23H33N5O3/c1-26-10-12-28(13-11-26)23(24)19-4-2-18(3-5-19)21-15-20(31-25-21)14-17-6-8-27(9-7-17)16-22(29)30/h2-5,17,20,24H,6-16H2,1H3,(H,29,30). The molecule has 0 amide bonds. The Morgan fingerprint density at radius 1 is 1.13 bits per heavy atom. The molecule has 2 fully saturated rings. The number of nitrogens with one attached hydrogen (secondary N) is 1. The number of piperazine rings is 1. The van der Waals surface area contributed by atoms with Gasteiger partial charge in [-0.2, -0.15) is 0 Å². The lowest BCUT2D eigenvalue weighted by Gasteiger charge is -2.34. The summed E-state index contributed by atoms with van der Waals surface area (Å²) in [6, 6.07) is 8.14. The van der Waals surface area contributed by atoms with Crippen molar-refractivity contribution in [3.63, 3.8) is 0 Å². The minimum Gasteiger partial charge on any atom is -0.480 e. The molecular formula is C23H33N5O3. The van der Waals surface area contributed by atoms with Crippen LogP contribution >= 0.6 is 0 Å². The second-order valence-corrected chi connectivity index (χ2v) is 9.03. The van der Waals surface area contributed by atoms with Gasteiger partial charge in [0.05, 0.1) is 12.3 Å². The highest BCUT2D eigenvalue weighted by atomic mass is 16.6. The number of nitrogens with zero attached hydrogens (tertiary/aromatic N) is 4. The quantitative estimate of drug-likeness (QED) is 0.532. The fraction of sp³-hybridized carbons (Fsp3) is 0.609. The van der Waals surface area contributed by atoms with Gasteiger partial charge in [-0.05, 0) is 50.9 Å². The van der Waals surface area contributed by atoms with Gasteiger partial charge in [0.25, 0.3) is 0 Å². The van der Waals surface area contributed by atoms with Crippen molar-refractivity contribution in [3.8, 4) is 0 Å². The smallest absolute Gasteiger partial charge is 0.317 e. The number of hydrogen-bond acceptors (Lipinski definition) is 6. The molecule has 1 aromatic carbocycles. The van der Waals surface area contributed by atoms with E-state index in [0.29, 0.717) is 11.8 Å². The summed E-state index contributed by atoms with van der Waals surface area (Å²) < 4.78 is 0. The Bertz CT molecular complexity index is 809. The van der Waals surface area contributed by atoms with Crippen LogP contribution in [0.5, 0.6) is 0 Å². The predicted octanol–water partition coefficient (Wildman–Crippen LogP) is 1.94. The zero-order chi connectivity index (χ0) is 21.8. The van der Waals surface area contributed by atoms with E-state index in [2.05, 4.69) is 34.1 Å². The molecule has 2 N–H and O–H groups in total. The summed E-state index contributed by atoms with van der Waals surface area (Å²) in [5.41, 5.74) is 2.98. The van der Waals surface area contributed by atoms with E-state index < -0.39 is 5.97 Å². The highest BCUT2D eigenvalue weighted by Crippen LogP contribution is 2.28. The number of piperidine rings is 1. The van der Waals surface area contributed by atoms with Gasteiger partial charge < -0.3 is 19.7 Å². The van der Waals surface area contributed by atoms with Gasteiger partial charge in [0, 0.05) is 38.2 Å². The summed E-state index contributed by atoms with van der Waals surface area (Å²) in [6.07, 6.45) is 3.93. The van der Waals surface area contributed by atoms with Crippen molar-refractivity contribution in [3.05, 3.63) is 35.4 Å². The number of carboxylic acid groups (broad SMARTS) is 1.